The lowest BCUT2D eigenvalue weighted by Gasteiger charge is -1.99. The van der Waals surface area contributed by atoms with Crippen LogP contribution in [0.2, 0.25) is 0 Å². The minimum Gasteiger partial charge on any atom is -0.477 e. The molecule has 1 aromatic rings. The smallest absolute Gasteiger partial charge is 0.354 e. The third kappa shape index (κ3) is 1.85. The molecule has 1 N–H and O–H groups in total. The van der Waals surface area contributed by atoms with Crippen LogP contribution in [0.3, 0.4) is 0 Å². The summed E-state index contributed by atoms with van der Waals surface area (Å²) in [4.78, 5) is 18.7. The molecule has 5 heteroatoms. The van der Waals surface area contributed by atoms with Gasteiger partial charge < -0.3 is 5.11 Å². The number of carboxylic acids is 1. The first kappa shape index (κ1) is 8.62. The molecule has 0 amide bonds. The number of carbonyl (C=O) groups is 1. The molecule has 0 bridgehead atoms. The van der Waals surface area contributed by atoms with Gasteiger partial charge in [-0.2, -0.15) is 0 Å². The van der Waals surface area contributed by atoms with Crippen molar-refractivity contribution in [3.05, 3.63) is 22.2 Å². The number of carboxylic acid groups (broad SMARTS) is 1. The fourth-order valence-electron chi connectivity index (χ4n) is 1.07. The summed E-state index contributed by atoms with van der Waals surface area (Å²) in [5.74, 6) is 0.00683. The maximum absolute atomic E-state index is 10.6. The lowest BCUT2D eigenvalue weighted by Crippen LogP contribution is -2.04. The Morgan fingerprint density at radius 2 is 2.23 bits per heavy atom. The zero-order valence-corrected chi connectivity index (χ0v) is 8.28. The Balaban J connectivity index is 2.41. The van der Waals surface area contributed by atoms with Crippen LogP contribution in [0, 0.1) is 0 Å². The maximum Gasteiger partial charge on any atom is 0.354 e. The normalized spacial score (nSPS) is 15.8. The quantitative estimate of drug-likeness (QED) is 0.804. The van der Waals surface area contributed by atoms with Crippen molar-refractivity contribution >= 4 is 21.9 Å². The molecule has 0 atom stereocenters. The number of hydrogen-bond acceptors (Lipinski definition) is 3. The summed E-state index contributed by atoms with van der Waals surface area (Å²) >= 11 is 3.16. The van der Waals surface area contributed by atoms with E-state index in [-0.39, 0.29) is 5.69 Å². The highest BCUT2D eigenvalue weighted by molar-refractivity contribution is 9.10. The predicted molar refractivity (Wildman–Crippen MR) is 48.7 cm³/mol. The van der Waals surface area contributed by atoms with E-state index in [1.54, 1.807) is 0 Å². The largest absolute Gasteiger partial charge is 0.477 e. The molecule has 13 heavy (non-hydrogen) atoms. The summed E-state index contributed by atoms with van der Waals surface area (Å²) in [6.45, 7) is 0. The first-order valence-electron chi connectivity index (χ1n) is 3.94. The molecule has 68 valence electrons. The van der Waals surface area contributed by atoms with Crippen LogP contribution in [0.5, 0.6) is 0 Å². The molecule has 0 saturated heterocycles. The molecule has 0 radical (unpaired) electrons. The Morgan fingerprint density at radius 1 is 1.54 bits per heavy atom. The molecule has 0 aliphatic heterocycles. The lowest BCUT2D eigenvalue weighted by atomic mass is 10.3. The van der Waals surface area contributed by atoms with E-state index >= 15 is 0 Å². The summed E-state index contributed by atoms with van der Waals surface area (Å²) in [5, 5.41) is 8.72. The second-order valence-corrected chi connectivity index (χ2v) is 3.83. The van der Waals surface area contributed by atoms with Gasteiger partial charge in [0.15, 0.2) is 5.69 Å². The molecule has 4 nitrogen and oxygen atoms in total. The van der Waals surface area contributed by atoms with Crippen LogP contribution in [0.1, 0.15) is 35.1 Å². The summed E-state index contributed by atoms with van der Waals surface area (Å²) in [6, 6.07) is 1.41. The first-order valence-corrected chi connectivity index (χ1v) is 4.74. The van der Waals surface area contributed by atoms with Crippen LogP contribution in [-0.2, 0) is 0 Å². The molecular weight excluding hydrogens is 236 g/mol. The second kappa shape index (κ2) is 3.06. The highest BCUT2D eigenvalue weighted by atomic mass is 79.9. The number of halogens is 1. The van der Waals surface area contributed by atoms with E-state index in [0.29, 0.717) is 16.3 Å². The molecule has 1 heterocycles. The fourth-order valence-corrected chi connectivity index (χ4v) is 1.47. The van der Waals surface area contributed by atoms with E-state index in [1.165, 1.54) is 6.07 Å². The highest BCUT2D eigenvalue weighted by Crippen LogP contribution is 2.38. The van der Waals surface area contributed by atoms with E-state index in [2.05, 4.69) is 25.9 Å². The zero-order chi connectivity index (χ0) is 9.42. The summed E-state index contributed by atoms with van der Waals surface area (Å²) in [6.07, 6.45) is 2.13. The van der Waals surface area contributed by atoms with Crippen molar-refractivity contribution in [2.45, 2.75) is 18.8 Å². The van der Waals surface area contributed by atoms with Gasteiger partial charge in [-0.15, -0.1) is 0 Å². The van der Waals surface area contributed by atoms with Crippen LogP contribution >= 0.6 is 15.9 Å². The average Bonchev–Trinajstić information content (AvgIpc) is 2.85. The van der Waals surface area contributed by atoms with E-state index in [9.17, 15) is 4.79 Å². The zero-order valence-electron chi connectivity index (χ0n) is 6.70. The van der Waals surface area contributed by atoms with Crippen molar-refractivity contribution in [3.63, 3.8) is 0 Å². The number of aromatic carboxylic acids is 1. The monoisotopic (exact) mass is 242 g/mol. The van der Waals surface area contributed by atoms with Crippen molar-refractivity contribution in [3.8, 4) is 0 Å². The Labute approximate surface area is 83.1 Å². The SMILES string of the molecule is O=C(O)c1cc(Br)nc(C2CC2)n1. The molecule has 1 saturated carbocycles. The molecule has 1 fully saturated rings. The number of nitrogens with zero attached hydrogens (tertiary/aromatic N) is 2. The molecule has 1 aliphatic rings. The van der Waals surface area contributed by atoms with Crippen molar-refractivity contribution < 1.29 is 9.90 Å². The summed E-state index contributed by atoms with van der Waals surface area (Å²) in [7, 11) is 0. The summed E-state index contributed by atoms with van der Waals surface area (Å²) in [5.41, 5.74) is 0.0591. The van der Waals surface area contributed by atoms with E-state index in [4.69, 9.17) is 5.11 Å². The first-order chi connectivity index (χ1) is 6.16. The molecule has 1 aromatic heterocycles. The van der Waals surface area contributed by atoms with Crippen LogP contribution < -0.4 is 0 Å². The van der Waals surface area contributed by atoms with Gasteiger partial charge in [-0.3, -0.25) is 0 Å². The third-order valence-corrected chi connectivity index (χ3v) is 2.28. The molecule has 0 aromatic carbocycles. The molecule has 0 spiro atoms. The Morgan fingerprint density at radius 3 is 2.77 bits per heavy atom. The van der Waals surface area contributed by atoms with Gasteiger partial charge in [0.1, 0.15) is 10.4 Å². The van der Waals surface area contributed by atoms with Crippen LogP contribution in [0.25, 0.3) is 0 Å². The summed E-state index contributed by atoms with van der Waals surface area (Å²) < 4.78 is 0.543. The Bertz CT molecular complexity index is 363. The predicted octanol–water partition coefficient (Wildman–Crippen LogP) is 1.81. The van der Waals surface area contributed by atoms with E-state index in [1.807, 2.05) is 0 Å². The Hall–Kier alpha value is -0.970. The number of rotatable bonds is 2. The van der Waals surface area contributed by atoms with Gasteiger partial charge in [-0.25, -0.2) is 14.8 Å². The number of aromatic nitrogens is 2. The van der Waals surface area contributed by atoms with Gasteiger partial charge in [0.25, 0.3) is 0 Å². The van der Waals surface area contributed by atoms with Crippen molar-refractivity contribution in [2.75, 3.05) is 0 Å². The second-order valence-electron chi connectivity index (χ2n) is 3.01. The van der Waals surface area contributed by atoms with Gasteiger partial charge >= 0.3 is 5.97 Å². The minimum atomic E-state index is -1.01. The van der Waals surface area contributed by atoms with Gasteiger partial charge in [0.2, 0.25) is 0 Å². The Kier molecular flexibility index (Phi) is 2.03. The fraction of sp³-hybridized carbons (Fsp3) is 0.375. The molecule has 1 aliphatic carbocycles. The van der Waals surface area contributed by atoms with E-state index < -0.39 is 5.97 Å². The van der Waals surface area contributed by atoms with Crippen LogP contribution in [-0.4, -0.2) is 21.0 Å². The number of hydrogen-bond donors (Lipinski definition) is 1. The van der Waals surface area contributed by atoms with Gasteiger partial charge in [0, 0.05) is 12.0 Å². The van der Waals surface area contributed by atoms with Gasteiger partial charge in [-0.05, 0) is 28.8 Å². The standard InChI is InChI=1S/C8H7BrN2O2/c9-6-3-5(8(12)13)10-7(11-6)4-1-2-4/h3-4H,1-2H2,(H,12,13). The van der Waals surface area contributed by atoms with E-state index in [0.717, 1.165) is 12.8 Å². The van der Waals surface area contributed by atoms with Crippen molar-refractivity contribution in [1.29, 1.82) is 0 Å². The molecular formula is C8H7BrN2O2. The van der Waals surface area contributed by atoms with Crippen molar-refractivity contribution in [1.82, 2.24) is 9.97 Å². The van der Waals surface area contributed by atoms with Crippen molar-refractivity contribution in [2.24, 2.45) is 0 Å². The molecule has 2 rings (SSSR count). The van der Waals surface area contributed by atoms with Gasteiger partial charge in [0.05, 0.1) is 0 Å². The highest BCUT2D eigenvalue weighted by Gasteiger charge is 2.27. The average molecular weight is 243 g/mol. The topological polar surface area (TPSA) is 63.1 Å². The van der Waals surface area contributed by atoms with Crippen LogP contribution in [0.4, 0.5) is 0 Å². The lowest BCUT2D eigenvalue weighted by molar-refractivity contribution is 0.0689. The minimum absolute atomic E-state index is 0.0591. The van der Waals surface area contributed by atoms with Gasteiger partial charge in [-0.1, -0.05) is 0 Å². The van der Waals surface area contributed by atoms with Crippen LogP contribution in [0.15, 0.2) is 10.7 Å². The third-order valence-electron chi connectivity index (χ3n) is 1.87. The maximum atomic E-state index is 10.6. The molecule has 0 unspecified atom stereocenters.